The number of hydrogen-bond donors (Lipinski definition) is 3. The summed E-state index contributed by atoms with van der Waals surface area (Å²) in [5.41, 5.74) is 6.23. The Kier molecular flexibility index (Phi) is 6.36. The largest absolute Gasteiger partial charge is 0.387 e. The average molecular weight is 402 g/mol. The van der Waals surface area contributed by atoms with Crippen molar-refractivity contribution in [3.63, 3.8) is 0 Å². The van der Waals surface area contributed by atoms with Crippen LogP contribution in [0.3, 0.4) is 0 Å². The van der Waals surface area contributed by atoms with Crippen LogP contribution < -0.4 is 5.48 Å². The van der Waals surface area contributed by atoms with Gasteiger partial charge in [0.25, 0.3) is 5.91 Å². The van der Waals surface area contributed by atoms with Gasteiger partial charge in [-0.15, -0.1) is 0 Å². The predicted octanol–water partition coefficient (Wildman–Crippen LogP) is 3.76. The van der Waals surface area contributed by atoms with E-state index in [0.717, 1.165) is 27.6 Å². The lowest BCUT2D eigenvalue weighted by Crippen LogP contribution is -2.23. The summed E-state index contributed by atoms with van der Waals surface area (Å²) in [6, 6.07) is 11.3. The topological polar surface area (TPSA) is 77.6 Å². The van der Waals surface area contributed by atoms with Gasteiger partial charge in [-0.25, -0.2) is 5.48 Å². The second kappa shape index (κ2) is 8.75. The molecule has 0 aliphatic carbocycles. The molecule has 0 aliphatic heterocycles. The van der Waals surface area contributed by atoms with E-state index >= 15 is 0 Å². The van der Waals surface area contributed by atoms with E-state index in [1.807, 2.05) is 49.3 Å². The Morgan fingerprint density at radius 1 is 1.29 bits per heavy atom. The fraction of sp³-hybridized carbons (Fsp3) is 0.286. The molecule has 1 heterocycles. The highest BCUT2D eigenvalue weighted by Gasteiger charge is 2.16. The third-order valence-electron chi connectivity index (χ3n) is 4.47. The molecule has 28 heavy (non-hydrogen) atoms. The van der Waals surface area contributed by atoms with Gasteiger partial charge in [-0.05, 0) is 44.3 Å². The summed E-state index contributed by atoms with van der Waals surface area (Å²) in [6.45, 7) is 2.73. The van der Waals surface area contributed by atoms with Crippen LogP contribution in [-0.2, 0) is 4.84 Å². The summed E-state index contributed by atoms with van der Waals surface area (Å²) < 4.78 is 0. The number of aliphatic hydroxyl groups excluding tert-OH is 1. The molecule has 3 N–H and O–H groups in total. The zero-order valence-corrected chi connectivity index (χ0v) is 16.9. The minimum absolute atomic E-state index is 0.316. The Labute approximate surface area is 169 Å². The molecule has 0 spiro atoms. The van der Waals surface area contributed by atoms with Gasteiger partial charge >= 0.3 is 0 Å². The van der Waals surface area contributed by atoms with E-state index in [2.05, 4.69) is 10.5 Å². The molecule has 1 atom stereocenters. The smallest absolute Gasteiger partial charge is 0.277 e. The zero-order valence-electron chi connectivity index (χ0n) is 16.1. The van der Waals surface area contributed by atoms with Crippen molar-refractivity contribution in [2.24, 2.45) is 0 Å². The Bertz CT molecular complexity index is 967. The quantitative estimate of drug-likeness (QED) is 0.527. The van der Waals surface area contributed by atoms with E-state index in [1.165, 1.54) is 0 Å². The molecule has 0 aliphatic rings. The zero-order chi connectivity index (χ0) is 20.3. The van der Waals surface area contributed by atoms with Gasteiger partial charge in [-0.3, -0.25) is 9.63 Å². The highest BCUT2D eigenvalue weighted by molar-refractivity contribution is 6.34. The number of aromatic nitrogens is 1. The number of likely N-dealkylation sites (N-methyl/N-ethyl adjacent to an activating group) is 1. The van der Waals surface area contributed by atoms with Crippen LogP contribution in [0.4, 0.5) is 0 Å². The number of halogens is 1. The molecule has 0 radical (unpaired) electrons. The number of carbonyl (C=O) groups excluding carboxylic acids is 1. The Balaban J connectivity index is 1.94. The minimum atomic E-state index is -0.555. The van der Waals surface area contributed by atoms with Crippen molar-refractivity contribution in [1.29, 1.82) is 0 Å². The van der Waals surface area contributed by atoms with Gasteiger partial charge in [0, 0.05) is 29.2 Å². The number of fused-ring (bicyclic) bond motifs is 1. The van der Waals surface area contributed by atoms with Crippen LogP contribution in [0.15, 0.2) is 42.6 Å². The van der Waals surface area contributed by atoms with Crippen LogP contribution in [0.1, 0.15) is 28.9 Å². The van der Waals surface area contributed by atoms with E-state index in [1.54, 1.807) is 19.2 Å². The fourth-order valence-corrected chi connectivity index (χ4v) is 3.35. The number of aromatic amines is 1. The number of aliphatic hydroxyl groups is 1. The second-order valence-electron chi connectivity index (χ2n) is 6.84. The first-order valence-corrected chi connectivity index (χ1v) is 9.44. The van der Waals surface area contributed by atoms with Gasteiger partial charge in [0.15, 0.2) is 0 Å². The van der Waals surface area contributed by atoms with Gasteiger partial charge in [0.1, 0.15) is 0 Å². The van der Waals surface area contributed by atoms with Crippen molar-refractivity contribution in [1.82, 2.24) is 15.4 Å². The van der Waals surface area contributed by atoms with Crippen molar-refractivity contribution in [3.8, 4) is 11.1 Å². The Morgan fingerprint density at radius 2 is 2.00 bits per heavy atom. The lowest BCUT2D eigenvalue weighted by molar-refractivity contribution is 0.0366. The van der Waals surface area contributed by atoms with Crippen LogP contribution in [0, 0.1) is 0 Å². The van der Waals surface area contributed by atoms with E-state index in [-0.39, 0.29) is 5.91 Å². The van der Waals surface area contributed by atoms with Crippen molar-refractivity contribution < 1.29 is 14.7 Å². The lowest BCUT2D eigenvalue weighted by atomic mass is 9.99. The maximum Gasteiger partial charge on any atom is 0.277 e. The van der Waals surface area contributed by atoms with Crippen LogP contribution in [0.25, 0.3) is 22.0 Å². The molecule has 1 amide bonds. The first-order valence-electron chi connectivity index (χ1n) is 9.06. The Hall–Kier alpha value is -2.38. The summed E-state index contributed by atoms with van der Waals surface area (Å²) in [4.78, 5) is 22.3. The SMILES string of the molecule is CCONC(=O)c1c[nH]c2cc(Cl)c(-c3ccc(C(O)CN(C)C)cc3)cc12. The molecule has 0 bridgehead atoms. The van der Waals surface area contributed by atoms with Crippen LogP contribution in [0.5, 0.6) is 0 Å². The van der Waals surface area contributed by atoms with Gasteiger partial charge in [0.05, 0.1) is 23.3 Å². The van der Waals surface area contributed by atoms with Gasteiger partial charge < -0.3 is 15.0 Å². The first-order chi connectivity index (χ1) is 13.4. The molecule has 6 nitrogen and oxygen atoms in total. The summed E-state index contributed by atoms with van der Waals surface area (Å²) in [5.74, 6) is -0.316. The third kappa shape index (κ3) is 4.36. The number of nitrogens with zero attached hydrogens (tertiary/aromatic N) is 1. The molecule has 3 rings (SSSR count). The number of amides is 1. The minimum Gasteiger partial charge on any atom is -0.387 e. The molecule has 0 saturated heterocycles. The molecule has 1 unspecified atom stereocenters. The summed E-state index contributed by atoms with van der Waals surface area (Å²) in [5, 5.41) is 11.6. The van der Waals surface area contributed by atoms with E-state index in [0.29, 0.717) is 23.7 Å². The molecule has 0 fully saturated rings. The fourth-order valence-electron chi connectivity index (χ4n) is 3.08. The number of hydroxylamine groups is 1. The number of rotatable bonds is 7. The first kappa shape index (κ1) is 20.4. The number of carbonyl (C=O) groups is 1. The van der Waals surface area contributed by atoms with E-state index < -0.39 is 6.10 Å². The molecule has 2 aromatic carbocycles. The Morgan fingerprint density at radius 3 is 2.64 bits per heavy atom. The van der Waals surface area contributed by atoms with Crippen molar-refractivity contribution >= 4 is 28.4 Å². The standard InChI is InChI=1S/C21H24ClN3O3/c1-4-28-24-21(27)17-11-23-19-10-18(22)15(9-16(17)19)13-5-7-14(8-6-13)20(26)12-25(2)3/h5-11,20,23,26H,4,12H2,1-3H3,(H,24,27). The summed E-state index contributed by atoms with van der Waals surface area (Å²) >= 11 is 6.48. The molecule has 0 saturated carbocycles. The number of benzene rings is 2. The normalized spacial score (nSPS) is 12.5. The lowest BCUT2D eigenvalue weighted by Gasteiger charge is -2.16. The van der Waals surface area contributed by atoms with Gasteiger partial charge in [-0.2, -0.15) is 0 Å². The molecular weight excluding hydrogens is 378 g/mol. The average Bonchev–Trinajstić information content (AvgIpc) is 3.07. The van der Waals surface area contributed by atoms with Gasteiger partial charge in [0.2, 0.25) is 0 Å². The molecule has 7 heteroatoms. The van der Waals surface area contributed by atoms with Gasteiger partial charge in [-0.1, -0.05) is 35.9 Å². The predicted molar refractivity (Wildman–Crippen MR) is 111 cm³/mol. The van der Waals surface area contributed by atoms with Crippen LogP contribution >= 0.6 is 11.6 Å². The number of nitrogens with one attached hydrogen (secondary N) is 2. The van der Waals surface area contributed by atoms with E-state index in [9.17, 15) is 9.90 Å². The monoisotopic (exact) mass is 401 g/mol. The van der Waals surface area contributed by atoms with Crippen molar-refractivity contribution in [2.75, 3.05) is 27.2 Å². The van der Waals surface area contributed by atoms with Crippen LogP contribution in [0.2, 0.25) is 5.02 Å². The maximum absolute atomic E-state index is 12.3. The molecule has 1 aromatic heterocycles. The third-order valence-corrected chi connectivity index (χ3v) is 4.78. The van der Waals surface area contributed by atoms with E-state index in [4.69, 9.17) is 16.4 Å². The van der Waals surface area contributed by atoms with Crippen molar-refractivity contribution in [3.05, 3.63) is 58.7 Å². The molecular formula is C21H24ClN3O3. The maximum atomic E-state index is 12.3. The van der Waals surface area contributed by atoms with Crippen LogP contribution in [-0.4, -0.2) is 48.1 Å². The highest BCUT2D eigenvalue weighted by atomic mass is 35.5. The molecule has 148 valence electrons. The number of hydrogen-bond acceptors (Lipinski definition) is 4. The number of H-pyrrole nitrogens is 1. The second-order valence-corrected chi connectivity index (χ2v) is 7.25. The summed E-state index contributed by atoms with van der Waals surface area (Å²) in [7, 11) is 3.84. The summed E-state index contributed by atoms with van der Waals surface area (Å²) in [6.07, 6.45) is 1.08. The highest BCUT2D eigenvalue weighted by Crippen LogP contribution is 2.34. The molecule has 3 aromatic rings. The van der Waals surface area contributed by atoms with Crippen molar-refractivity contribution in [2.45, 2.75) is 13.0 Å².